The minimum atomic E-state index is -0.926. The van der Waals surface area contributed by atoms with E-state index in [2.05, 4.69) is 67.1 Å². The molecule has 0 aliphatic heterocycles. The van der Waals surface area contributed by atoms with E-state index in [1.54, 1.807) is 0 Å². The van der Waals surface area contributed by atoms with Crippen LogP contribution in [0.15, 0.2) is 42.6 Å². The highest BCUT2D eigenvalue weighted by atomic mass is 16.3. The van der Waals surface area contributed by atoms with Gasteiger partial charge in [0, 0.05) is 11.0 Å². The van der Waals surface area contributed by atoms with Gasteiger partial charge in [-0.05, 0) is 85.8 Å². The molecule has 0 bridgehead atoms. The second-order valence-electron chi connectivity index (χ2n) is 10.9. The molecule has 6 atom stereocenters. The SMILES string of the molecule is C#C[C@]1(O)CCC2C3CC=C4c5cnn(-c6ccccc6)c5CC[C@]4(C)C3CC[C@@]21C. The van der Waals surface area contributed by atoms with E-state index in [0.29, 0.717) is 17.8 Å². The van der Waals surface area contributed by atoms with Crippen LogP contribution in [0.1, 0.15) is 63.6 Å². The van der Waals surface area contributed by atoms with Crippen molar-refractivity contribution >= 4 is 5.57 Å². The summed E-state index contributed by atoms with van der Waals surface area (Å²) in [7, 11) is 0. The zero-order chi connectivity index (χ0) is 21.4. The summed E-state index contributed by atoms with van der Waals surface area (Å²) in [4.78, 5) is 0. The van der Waals surface area contributed by atoms with Crippen molar-refractivity contribution in [3.05, 3.63) is 53.9 Å². The Kier molecular flexibility index (Phi) is 3.98. The Bertz CT molecular complexity index is 1110. The third-order valence-corrected chi connectivity index (χ3v) is 9.90. The maximum Gasteiger partial charge on any atom is 0.130 e. The standard InChI is InChI=1S/C28H32N2O/c1-4-28(31)17-13-24-20-10-11-22-21-18-29-30(19-8-6-5-7-9-19)25(21)14-15-26(22,2)23(20)12-16-27(24,28)3/h1,5-9,11,18,20,23-24,31H,10,12-17H2,2-3H3/t20?,23?,24?,26-,27-,28-/m0/s1. The van der Waals surface area contributed by atoms with Crippen LogP contribution in [0.3, 0.4) is 0 Å². The van der Waals surface area contributed by atoms with Gasteiger partial charge in [0.2, 0.25) is 0 Å². The summed E-state index contributed by atoms with van der Waals surface area (Å²) in [6, 6.07) is 10.5. The molecular formula is C28H32N2O. The van der Waals surface area contributed by atoms with E-state index < -0.39 is 5.60 Å². The van der Waals surface area contributed by atoms with E-state index in [1.165, 1.54) is 23.3 Å². The lowest BCUT2D eigenvalue weighted by Gasteiger charge is -2.57. The summed E-state index contributed by atoms with van der Waals surface area (Å²) in [5.74, 6) is 4.62. The Hall–Kier alpha value is -2.31. The van der Waals surface area contributed by atoms with Gasteiger partial charge < -0.3 is 5.11 Å². The first kappa shape index (κ1) is 19.4. The summed E-state index contributed by atoms with van der Waals surface area (Å²) >= 11 is 0. The van der Waals surface area contributed by atoms with Crippen molar-refractivity contribution in [3.8, 4) is 18.0 Å². The normalized spacial score (nSPS) is 40.7. The highest BCUT2D eigenvalue weighted by molar-refractivity contribution is 5.75. The highest BCUT2D eigenvalue weighted by Gasteiger charge is 2.63. The van der Waals surface area contributed by atoms with E-state index in [1.807, 2.05) is 0 Å². The van der Waals surface area contributed by atoms with E-state index in [0.717, 1.165) is 44.2 Å². The third-order valence-electron chi connectivity index (χ3n) is 9.90. The summed E-state index contributed by atoms with van der Waals surface area (Å²) in [5.41, 5.74) is 4.51. The van der Waals surface area contributed by atoms with Gasteiger partial charge in [-0.25, -0.2) is 4.68 Å². The Morgan fingerprint density at radius 1 is 1.10 bits per heavy atom. The molecule has 3 heteroatoms. The Balaban J connectivity index is 1.39. The number of rotatable bonds is 1. The fraction of sp³-hybridized carbons (Fsp3) is 0.536. The summed E-state index contributed by atoms with van der Waals surface area (Å²) in [6.45, 7) is 4.77. The first-order chi connectivity index (χ1) is 14.9. The van der Waals surface area contributed by atoms with Gasteiger partial charge in [-0.3, -0.25) is 0 Å². The van der Waals surface area contributed by atoms with Crippen molar-refractivity contribution < 1.29 is 5.11 Å². The molecule has 2 aromatic rings. The number of allylic oxidation sites excluding steroid dienone is 2. The summed E-state index contributed by atoms with van der Waals surface area (Å²) < 4.78 is 2.14. The van der Waals surface area contributed by atoms with Gasteiger partial charge in [0.1, 0.15) is 5.60 Å². The molecule has 2 saturated carbocycles. The molecule has 2 fully saturated rings. The molecule has 4 aliphatic carbocycles. The lowest BCUT2D eigenvalue weighted by atomic mass is 9.47. The molecule has 6 rings (SSSR count). The average Bonchev–Trinajstić information content (AvgIpc) is 3.33. The van der Waals surface area contributed by atoms with Gasteiger partial charge in [0.15, 0.2) is 0 Å². The van der Waals surface area contributed by atoms with Gasteiger partial charge in [-0.2, -0.15) is 5.10 Å². The minimum Gasteiger partial charge on any atom is -0.377 e. The maximum absolute atomic E-state index is 11.2. The Morgan fingerprint density at radius 2 is 1.87 bits per heavy atom. The zero-order valence-electron chi connectivity index (χ0n) is 18.6. The molecule has 3 nitrogen and oxygen atoms in total. The number of aliphatic hydroxyl groups is 1. The van der Waals surface area contributed by atoms with Crippen molar-refractivity contribution in [3.63, 3.8) is 0 Å². The van der Waals surface area contributed by atoms with Crippen LogP contribution in [0.25, 0.3) is 11.3 Å². The molecule has 1 aromatic heterocycles. The molecule has 0 saturated heterocycles. The zero-order valence-corrected chi connectivity index (χ0v) is 18.6. The quantitative estimate of drug-likeness (QED) is 0.635. The fourth-order valence-corrected chi connectivity index (χ4v) is 8.09. The molecule has 1 N–H and O–H groups in total. The van der Waals surface area contributed by atoms with Gasteiger partial charge in [-0.1, -0.05) is 44.0 Å². The van der Waals surface area contributed by atoms with Crippen LogP contribution in [0.5, 0.6) is 0 Å². The molecule has 3 unspecified atom stereocenters. The van der Waals surface area contributed by atoms with E-state index in [9.17, 15) is 5.11 Å². The predicted octanol–water partition coefficient (Wildman–Crippen LogP) is 5.42. The van der Waals surface area contributed by atoms with Crippen LogP contribution in [0, 0.1) is 40.9 Å². The second-order valence-corrected chi connectivity index (χ2v) is 10.9. The molecular weight excluding hydrogens is 380 g/mol. The maximum atomic E-state index is 11.2. The van der Waals surface area contributed by atoms with Crippen molar-refractivity contribution in [2.24, 2.45) is 28.6 Å². The average molecular weight is 413 g/mol. The van der Waals surface area contributed by atoms with Gasteiger partial charge in [0.25, 0.3) is 0 Å². The summed E-state index contributed by atoms with van der Waals surface area (Å²) in [5, 5.41) is 16.0. The third kappa shape index (κ3) is 2.38. The smallest absolute Gasteiger partial charge is 0.130 e. The van der Waals surface area contributed by atoms with Gasteiger partial charge in [-0.15, -0.1) is 6.42 Å². The van der Waals surface area contributed by atoms with E-state index in [-0.39, 0.29) is 10.8 Å². The number of nitrogens with zero attached hydrogens (tertiary/aromatic N) is 2. The molecule has 0 spiro atoms. The van der Waals surface area contributed by atoms with Crippen LogP contribution in [-0.4, -0.2) is 20.5 Å². The van der Waals surface area contributed by atoms with E-state index >= 15 is 0 Å². The predicted molar refractivity (Wildman–Crippen MR) is 123 cm³/mol. The van der Waals surface area contributed by atoms with E-state index in [4.69, 9.17) is 11.5 Å². The number of hydrogen-bond acceptors (Lipinski definition) is 2. The monoisotopic (exact) mass is 412 g/mol. The van der Waals surface area contributed by atoms with Crippen LogP contribution < -0.4 is 0 Å². The van der Waals surface area contributed by atoms with Crippen LogP contribution in [0.2, 0.25) is 0 Å². The first-order valence-corrected chi connectivity index (χ1v) is 11.9. The lowest BCUT2D eigenvalue weighted by Crippen LogP contribution is -2.53. The number of terminal acetylenes is 1. The van der Waals surface area contributed by atoms with Crippen molar-refractivity contribution in [1.29, 1.82) is 0 Å². The fourth-order valence-electron chi connectivity index (χ4n) is 8.09. The Morgan fingerprint density at radius 3 is 2.65 bits per heavy atom. The number of hydrogen-bond donors (Lipinski definition) is 1. The van der Waals surface area contributed by atoms with Crippen LogP contribution in [-0.2, 0) is 6.42 Å². The number of aromatic nitrogens is 2. The molecule has 1 heterocycles. The molecule has 4 aliphatic rings. The lowest BCUT2D eigenvalue weighted by molar-refractivity contribution is -0.0887. The molecule has 1 aromatic carbocycles. The van der Waals surface area contributed by atoms with Crippen molar-refractivity contribution in [1.82, 2.24) is 9.78 Å². The number of fused-ring (bicyclic) bond motifs is 7. The number of para-hydroxylation sites is 1. The second kappa shape index (κ2) is 6.36. The molecule has 160 valence electrons. The largest absolute Gasteiger partial charge is 0.377 e. The molecule has 0 amide bonds. The number of benzene rings is 1. The van der Waals surface area contributed by atoms with Crippen LogP contribution >= 0.6 is 0 Å². The first-order valence-electron chi connectivity index (χ1n) is 11.9. The van der Waals surface area contributed by atoms with Crippen LogP contribution in [0.4, 0.5) is 0 Å². The van der Waals surface area contributed by atoms with Crippen molar-refractivity contribution in [2.45, 2.75) is 64.4 Å². The van der Waals surface area contributed by atoms with Gasteiger partial charge in [0.05, 0.1) is 17.6 Å². The van der Waals surface area contributed by atoms with Crippen molar-refractivity contribution in [2.75, 3.05) is 0 Å². The summed E-state index contributed by atoms with van der Waals surface area (Å²) in [6.07, 6.45) is 17.8. The molecule has 31 heavy (non-hydrogen) atoms. The minimum absolute atomic E-state index is 0.136. The molecule has 0 radical (unpaired) electrons. The van der Waals surface area contributed by atoms with Gasteiger partial charge >= 0.3 is 0 Å². The topological polar surface area (TPSA) is 38.1 Å². The highest BCUT2D eigenvalue weighted by Crippen LogP contribution is 2.67. The Labute approximate surface area is 185 Å².